The van der Waals surface area contributed by atoms with Crippen LogP contribution >= 0.6 is 22.7 Å². The Morgan fingerprint density at radius 1 is 1.08 bits per heavy atom. The molecule has 0 unspecified atom stereocenters. The van der Waals surface area contributed by atoms with E-state index in [4.69, 9.17) is 14.7 Å². The molecule has 0 radical (unpaired) electrons. The average molecular weight is 532 g/mol. The molecule has 8 nitrogen and oxygen atoms in total. The first kappa shape index (κ1) is 23.8. The van der Waals surface area contributed by atoms with Gasteiger partial charge in [0.15, 0.2) is 5.82 Å². The first-order valence-corrected chi connectivity index (χ1v) is 13.8. The number of likely N-dealkylation sites (N-methyl/N-ethyl adjacent to an activating group) is 1. The van der Waals surface area contributed by atoms with Crippen molar-refractivity contribution in [2.24, 2.45) is 0 Å². The maximum absolute atomic E-state index is 12.4. The van der Waals surface area contributed by atoms with E-state index in [9.17, 15) is 9.59 Å². The summed E-state index contributed by atoms with van der Waals surface area (Å²) in [6.07, 6.45) is 3.58. The van der Waals surface area contributed by atoms with Crippen LogP contribution in [0.2, 0.25) is 0 Å². The number of fused-ring (bicyclic) bond motifs is 1. The van der Waals surface area contributed by atoms with E-state index in [1.54, 1.807) is 34.6 Å². The molecular formula is C27H25N5O3S2. The van der Waals surface area contributed by atoms with Gasteiger partial charge >= 0.3 is 0 Å². The molecular weight excluding hydrogens is 506 g/mol. The number of carbonyl (C=O) groups is 2. The molecule has 0 aliphatic carbocycles. The van der Waals surface area contributed by atoms with E-state index in [-0.39, 0.29) is 11.8 Å². The van der Waals surface area contributed by atoms with E-state index >= 15 is 0 Å². The topological polar surface area (TPSA) is 96.4 Å². The van der Waals surface area contributed by atoms with E-state index in [0.717, 1.165) is 62.8 Å². The first-order chi connectivity index (χ1) is 18.0. The van der Waals surface area contributed by atoms with Gasteiger partial charge in [-0.1, -0.05) is 6.07 Å². The molecule has 0 bridgehead atoms. The van der Waals surface area contributed by atoms with Crippen molar-refractivity contribution in [3.8, 4) is 26.9 Å². The molecule has 6 rings (SSSR count). The number of thiophene rings is 2. The summed E-state index contributed by atoms with van der Waals surface area (Å²) in [6, 6.07) is 12.1. The fourth-order valence-electron chi connectivity index (χ4n) is 4.71. The molecule has 1 aromatic carbocycles. The predicted octanol–water partition coefficient (Wildman–Crippen LogP) is 4.50. The van der Waals surface area contributed by atoms with Crippen molar-refractivity contribution < 1.29 is 14.3 Å². The second-order valence-corrected chi connectivity index (χ2v) is 11.0. The lowest BCUT2D eigenvalue weighted by Crippen LogP contribution is -2.34. The summed E-state index contributed by atoms with van der Waals surface area (Å²) in [7, 11) is 1.76. The normalized spacial score (nSPS) is 16.2. The van der Waals surface area contributed by atoms with Crippen LogP contribution in [0, 0.1) is 6.92 Å². The van der Waals surface area contributed by atoms with Crippen LogP contribution in [-0.2, 0) is 9.59 Å². The second kappa shape index (κ2) is 9.70. The van der Waals surface area contributed by atoms with Gasteiger partial charge in [0.1, 0.15) is 28.2 Å². The fourth-order valence-corrected chi connectivity index (χ4v) is 6.55. The molecule has 37 heavy (non-hydrogen) atoms. The van der Waals surface area contributed by atoms with Gasteiger partial charge in [0, 0.05) is 18.0 Å². The zero-order valence-corrected chi connectivity index (χ0v) is 22.0. The van der Waals surface area contributed by atoms with Gasteiger partial charge in [0.25, 0.3) is 11.8 Å². The van der Waals surface area contributed by atoms with Crippen LogP contribution in [0.1, 0.15) is 18.4 Å². The van der Waals surface area contributed by atoms with Crippen LogP contribution in [0.25, 0.3) is 31.4 Å². The van der Waals surface area contributed by atoms with Crippen molar-refractivity contribution in [1.82, 2.24) is 20.6 Å². The molecule has 10 heteroatoms. The Balaban J connectivity index is 1.41. The lowest BCUT2D eigenvalue weighted by atomic mass is 10.1. The van der Waals surface area contributed by atoms with Crippen LogP contribution in [-0.4, -0.2) is 48.0 Å². The van der Waals surface area contributed by atoms with Crippen LogP contribution in [0.4, 0.5) is 5.82 Å². The Labute approximate surface area is 222 Å². The zero-order chi connectivity index (χ0) is 25.5. The summed E-state index contributed by atoms with van der Waals surface area (Å²) in [6.45, 7) is 4.02. The third-order valence-corrected chi connectivity index (χ3v) is 8.73. The lowest BCUT2D eigenvalue weighted by molar-refractivity contribution is -0.123. The highest BCUT2D eigenvalue weighted by Crippen LogP contribution is 2.43. The SMILES string of the molecule is Cc1c(-c2ccc(OC3CCNCC3)cc2)sc2nc(-c3cccs3)nc(N(C)C3=CC(=O)NC3=O)c12. The monoisotopic (exact) mass is 531 g/mol. The van der Waals surface area contributed by atoms with Crippen LogP contribution < -0.4 is 20.3 Å². The fraction of sp³-hybridized carbons (Fsp3) is 0.259. The molecule has 2 aliphatic heterocycles. The minimum Gasteiger partial charge on any atom is -0.490 e. The van der Waals surface area contributed by atoms with Gasteiger partial charge in [-0.25, -0.2) is 9.97 Å². The molecule has 4 aromatic rings. The summed E-state index contributed by atoms with van der Waals surface area (Å²) in [5.74, 6) is 1.20. The number of piperidine rings is 1. The number of imide groups is 1. The minimum absolute atomic E-state index is 0.246. The van der Waals surface area contributed by atoms with Crippen LogP contribution in [0.15, 0.2) is 53.6 Å². The Hall–Kier alpha value is -3.60. The number of hydrogen-bond donors (Lipinski definition) is 2. The summed E-state index contributed by atoms with van der Waals surface area (Å²) >= 11 is 3.15. The standard InChI is InChI=1S/C27H25N5O3S2/c1-15-22-25(32(2)19-14-21(33)29-26(19)34)30-24(20-4-3-13-36-20)31-27(22)37-23(15)16-5-7-17(8-6-16)35-18-9-11-28-12-10-18/h3-8,13-14,18,28H,9-12H2,1-2H3,(H,29,33,34). The number of benzene rings is 1. The van der Waals surface area contributed by atoms with Crippen LogP contribution in [0.5, 0.6) is 5.75 Å². The highest BCUT2D eigenvalue weighted by atomic mass is 32.1. The van der Waals surface area contributed by atoms with Gasteiger partial charge in [0.05, 0.1) is 10.3 Å². The summed E-state index contributed by atoms with van der Waals surface area (Å²) in [5.41, 5.74) is 2.35. The van der Waals surface area contributed by atoms with Gasteiger partial charge < -0.3 is 15.0 Å². The Kier molecular flexibility index (Phi) is 6.23. The number of nitrogens with one attached hydrogen (secondary N) is 2. The number of nitrogens with zero attached hydrogens (tertiary/aromatic N) is 3. The molecule has 2 amide bonds. The third-order valence-electron chi connectivity index (χ3n) is 6.63. The number of hydrogen-bond acceptors (Lipinski definition) is 9. The van der Waals surface area contributed by atoms with E-state index in [1.807, 2.05) is 36.6 Å². The van der Waals surface area contributed by atoms with E-state index in [2.05, 4.69) is 22.8 Å². The molecule has 0 spiro atoms. The Bertz CT molecular complexity index is 1520. The van der Waals surface area contributed by atoms with Crippen molar-refractivity contribution in [1.29, 1.82) is 0 Å². The molecule has 2 aliphatic rings. The number of amides is 2. The zero-order valence-electron chi connectivity index (χ0n) is 20.4. The molecule has 2 N–H and O–H groups in total. The molecule has 3 aromatic heterocycles. The maximum Gasteiger partial charge on any atom is 0.274 e. The summed E-state index contributed by atoms with van der Waals surface area (Å²) in [4.78, 5) is 38.6. The minimum atomic E-state index is -0.436. The second-order valence-electron chi connectivity index (χ2n) is 9.08. The maximum atomic E-state index is 12.4. The number of rotatable bonds is 6. The van der Waals surface area contributed by atoms with Gasteiger partial charge in [-0.05, 0) is 79.7 Å². The van der Waals surface area contributed by atoms with Crippen molar-refractivity contribution >= 4 is 50.5 Å². The highest BCUT2D eigenvalue weighted by Gasteiger charge is 2.29. The van der Waals surface area contributed by atoms with Gasteiger partial charge in [-0.15, -0.1) is 22.7 Å². The van der Waals surface area contributed by atoms with Crippen molar-refractivity contribution in [2.45, 2.75) is 25.9 Å². The van der Waals surface area contributed by atoms with Gasteiger partial charge in [0.2, 0.25) is 0 Å². The number of ether oxygens (including phenoxy) is 1. The molecule has 0 saturated carbocycles. The number of aryl methyl sites for hydroxylation is 1. The Morgan fingerprint density at radius 3 is 2.54 bits per heavy atom. The van der Waals surface area contributed by atoms with Crippen molar-refractivity contribution in [2.75, 3.05) is 25.0 Å². The summed E-state index contributed by atoms with van der Waals surface area (Å²) < 4.78 is 6.18. The smallest absolute Gasteiger partial charge is 0.274 e. The molecule has 1 fully saturated rings. The first-order valence-electron chi connectivity index (χ1n) is 12.1. The average Bonchev–Trinajstić information content (AvgIpc) is 3.64. The van der Waals surface area contributed by atoms with Crippen LogP contribution in [0.3, 0.4) is 0 Å². The van der Waals surface area contributed by atoms with Gasteiger partial charge in [-0.2, -0.15) is 0 Å². The molecule has 188 valence electrons. The number of carbonyl (C=O) groups excluding carboxylic acids is 2. The number of anilines is 1. The van der Waals surface area contributed by atoms with Gasteiger partial charge in [-0.3, -0.25) is 14.9 Å². The largest absolute Gasteiger partial charge is 0.490 e. The third kappa shape index (κ3) is 4.52. The predicted molar refractivity (Wildman–Crippen MR) is 147 cm³/mol. The van der Waals surface area contributed by atoms with Crippen molar-refractivity contribution in [3.63, 3.8) is 0 Å². The van der Waals surface area contributed by atoms with E-state index < -0.39 is 11.8 Å². The molecule has 5 heterocycles. The Morgan fingerprint density at radius 2 is 1.86 bits per heavy atom. The quantitative estimate of drug-likeness (QED) is 0.354. The molecule has 1 saturated heterocycles. The van der Waals surface area contributed by atoms with E-state index in [1.165, 1.54) is 6.08 Å². The van der Waals surface area contributed by atoms with E-state index in [0.29, 0.717) is 11.6 Å². The summed E-state index contributed by atoms with van der Waals surface area (Å²) in [5, 5.41) is 8.53. The highest BCUT2D eigenvalue weighted by molar-refractivity contribution is 7.22. The molecule has 0 atom stereocenters. The van der Waals surface area contributed by atoms with Crippen molar-refractivity contribution in [3.05, 3.63) is 59.1 Å². The lowest BCUT2D eigenvalue weighted by Gasteiger charge is -2.23. The number of aromatic nitrogens is 2.